The molecule has 0 bridgehead atoms. The predicted octanol–water partition coefficient (Wildman–Crippen LogP) is 3.07. The van der Waals surface area contributed by atoms with Gasteiger partial charge >= 0.3 is 12.1 Å². The number of rotatable bonds is 3. The average Bonchev–Trinajstić information content (AvgIpc) is 3.35. The van der Waals surface area contributed by atoms with Gasteiger partial charge in [0.1, 0.15) is 5.69 Å². The fourth-order valence-corrected chi connectivity index (χ4v) is 4.02. The van der Waals surface area contributed by atoms with E-state index >= 15 is 0 Å². The minimum Gasteiger partial charge on any atom is -0.475 e. The van der Waals surface area contributed by atoms with Gasteiger partial charge in [0, 0.05) is 32.4 Å². The van der Waals surface area contributed by atoms with E-state index in [1.165, 1.54) is 6.07 Å². The number of aromatic nitrogens is 2. The average molecular weight is 472 g/mol. The van der Waals surface area contributed by atoms with Crippen molar-refractivity contribution in [3.05, 3.63) is 48.2 Å². The highest BCUT2D eigenvalue weighted by Crippen LogP contribution is 2.36. The third kappa shape index (κ3) is 6.01. The first kappa shape index (κ1) is 24.5. The maximum Gasteiger partial charge on any atom is 0.490 e. The first-order valence-electron chi connectivity index (χ1n) is 10.2. The molecule has 0 radical (unpaired) electrons. The molecule has 2 aliphatic rings. The van der Waals surface area contributed by atoms with Crippen molar-refractivity contribution in [3.63, 3.8) is 0 Å². The van der Waals surface area contributed by atoms with E-state index in [0.717, 1.165) is 25.8 Å². The number of anilines is 1. The standard InChI is InChI=1S/C19H23FN4O2.C2HF3O2/c1-23-9-3-6-16(23)18(25)24-10-4-7-19(13-24)11-14(12-26-19)22-17-15(20)5-2-8-21-17;3-2(4,5)1(6)7/h2-3,5-6,8-9,14H,4,7,10-13H2,1H3,(H,21,22);(H,6,7). The smallest absolute Gasteiger partial charge is 0.475 e. The van der Waals surface area contributed by atoms with Gasteiger partial charge in [0.2, 0.25) is 0 Å². The Morgan fingerprint density at radius 1 is 1.30 bits per heavy atom. The van der Waals surface area contributed by atoms with Gasteiger partial charge in [0.05, 0.1) is 24.8 Å². The van der Waals surface area contributed by atoms with Gasteiger partial charge in [-0.25, -0.2) is 14.2 Å². The number of carboxylic acid groups (broad SMARTS) is 1. The van der Waals surface area contributed by atoms with Crippen molar-refractivity contribution in [3.8, 4) is 0 Å². The number of likely N-dealkylation sites (tertiary alicyclic amines) is 1. The summed E-state index contributed by atoms with van der Waals surface area (Å²) in [6.07, 6.45) is 0.909. The van der Waals surface area contributed by atoms with Gasteiger partial charge in [-0.3, -0.25) is 4.79 Å². The predicted molar refractivity (Wildman–Crippen MR) is 109 cm³/mol. The molecule has 2 N–H and O–H groups in total. The maximum absolute atomic E-state index is 13.8. The van der Waals surface area contributed by atoms with Crippen molar-refractivity contribution in [2.75, 3.05) is 25.0 Å². The summed E-state index contributed by atoms with van der Waals surface area (Å²) in [5.74, 6) is -2.83. The summed E-state index contributed by atoms with van der Waals surface area (Å²) in [7, 11) is 1.88. The Hall–Kier alpha value is -3.15. The number of hydrogen-bond donors (Lipinski definition) is 2. The molecule has 1 amide bonds. The largest absolute Gasteiger partial charge is 0.490 e. The Morgan fingerprint density at radius 3 is 2.64 bits per heavy atom. The number of ether oxygens (including phenoxy) is 1. The normalized spacial score (nSPS) is 22.6. The number of piperidine rings is 1. The van der Waals surface area contributed by atoms with Crippen LogP contribution in [0, 0.1) is 5.82 Å². The number of nitrogens with zero attached hydrogens (tertiary/aromatic N) is 3. The van der Waals surface area contributed by atoms with Gasteiger partial charge in [-0.15, -0.1) is 0 Å². The lowest BCUT2D eigenvalue weighted by atomic mass is 9.88. The summed E-state index contributed by atoms with van der Waals surface area (Å²) in [5.41, 5.74) is 0.326. The lowest BCUT2D eigenvalue weighted by Crippen LogP contribution is -2.50. The van der Waals surface area contributed by atoms with Crippen LogP contribution in [0.1, 0.15) is 29.8 Å². The molecule has 2 saturated heterocycles. The highest BCUT2D eigenvalue weighted by atomic mass is 19.4. The molecule has 2 fully saturated rings. The van der Waals surface area contributed by atoms with E-state index < -0.39 is 12.1 Å². The van der Waals surface area contributed by atoms with E-state index in [4.69, 9.17) is 14.6 Å². The van der Waals surface area contributed by atoms with E-state index in [9.17, 15) is 22.4 Å². The number of halogens is 4. The third-order valence-corrected chi connectivity index (χ3v) is 5.54. The van der Waals surface area contributed by atoms with E-state index in [0.29, 0.717) is 18.8 Å². The molecular formula is C21H24F4N4O4. The molecule has 2 aliphatic heterocycles. The molecule has 1 spiro atoms. The van der Waals surface area contributed by atoms with E-state index in [-0.39, 0.29) is 29.2 Å². The summed E-state index contributed by atoms with van der Waals surface area (Å²) in [6.45, 7) is 1.80. The lowest BCUT2D eigenvalue weighted by molar-refractivity contribution is -0.192. The fourth-order valence-electron chi connectivity index (χ4n) is 4.02. The number of hydrogen-bond acceptors (Lipinski definition) is 5. The van der Waals surface area contributed by atoms with Crippen LogP contribution >= 0.6 is 0 Å². The number of nitrogens with one attached hydrogen (secondary N) is 1. The number of carboxylic acids is 1. The van der Waals surface area contributed by atoms with Crippen LogP contribution in [0.2, 0.25) is 0 Å². The Kier molecular flexibility index (Phi) is 7.25. The number of alkyl halides is 3. The molecule has 180 valence electrons. The molecule has 2 unspecified atom stereocenters. The zero-order chi connectivity index (χ0) is 24.2. The van der Waals surface area contributed by atoms with Crippen LogP contribution < -0.4 is 5.32 Å². The number of carbonyl (C=O) groups is 2. The minimum absolute atomic E-state index is 0.00973. The van der Waals surface area contributed by atoms with Gasteiger partial charge in [0.15, 0.2) is 11.6 Å². The zero-order valence-electron chi connectivity index (χ0n) is 17.8. The third-order valence-electron chi connectivity index (χ3n) is 5.54. The number of amides is 1. The molecule has 4 heterocycles. The summed E-state index contributed by atoms with van der Waals surface area (Å²) in [5, 5.41) is 10.3. The van der Waals surface area contributed by atoms with Gasteiger partial charge in [-0.2, -0.15) is 13.2 Å². The highest BCUT2D eigenvalue weighted by Gasteiger charge is 2.45. The molecule has 8 nitrogen and oxygen atoms in total. The quantitative estimate of drug-likeness (QED) is 0.667. The molecule has 4 rings (SSSR count). The Labute approximate surface area is 187 Å². The molecule has 2 atom stereocenters. The number of carbonyl (C=O) groups excluding carboxylic acids is 1. The monoisotopic (exact) mass is 472 g/mol. The maximum atomic E-state index is 13.8. The van der Waals surface area contributed by atoms with E-state index in [1.54, 1.807) is 12.3 Å². The molecule has 0 aliphatic carbocycles. The second-order valence-electron chi connectivity index (χ2n) is 8.01. The van der Waals surface area contributed by atoms with Crippen LogP contribution in [0.25, 0.3) is 0 Å². The van der Waals surface area contributed by atoms with Gasteiger partial charge in [-0.05, 0) is 37.1 Å². The summed E-state index contributed by atoms with van der Waals surface area (Å²) >= 11 is 0. The topological polar surface area (TPSA) is 96.7 Å². The van der Waals surface area contributed by atoms with Crippen molar-refractivity contribution in [2.45, 2.75) is 37.1 Å². The Balaban J connectivity index is 0.000000383. The Bertz CT molecular complexity index is 997. The van der Waals surface area contributed by atoms with Crippen LogP contribution in [0.4, 0.5) is 23.4 Å². The summed E-state index contributed by atoms with van der Waals surface area (Å²) in [4.78, 5) is 27.6. The number of aliphatic carboxylic acids is 1. The molecule has 2 aromatic heterocycles. The SMILES string of the molecule is Cn1cccc1C(=O)N1CCCC2(CC(Nc3ncccc3F)CO2)C1.O=C(O)C(F)(F)F. The second kappa shape index (κ2) is 9.77. The second-order valence-corrected chi connectivity index (χ2v) is 8.01. The summed E-state index contributed by atoms with van der Waals surface area (Å²) < 4.78 is 53.5. The minimum atomic E-state index is -5.08. The van der Waals surface area contributed by atoms with Crippen molar-refractivity contribution in [1.29, 1.82) is 0 Å². The highest BCUT2D eigenvalue weighted by molar-refractivity contribution is 5.92. The fraction of sp³-hybridized carbons (Fsp3) is 0.476. The van der Waals surface area contributed by atoms with Crippen molar-refractivity contribution in [2.24, 2.45) is 7.05 Å². The van der Waals surface area contributed by atoms with Crippen LogP contribution in [-0.2, 0) is 16.6 Å². The van der Waals surface area contributed by atoms with Crippen LogP contribution in [0.3, 0.4) is 0 Å². The lowest BCUT2D eigenvalue weighted by Gasteiger charge is -2.39. The number of pyridine rings is 1. The first-order valence-corrected chi connectivity index (χ1v) is 10.2. The van der Waals surface area contributed by atoms with Crippen LogP contribution in [0.5, 0.6) is 0 Å². The molecule has 33 heavy (non-hydrogen) atoms. The van der Waals surface area contributed by atoms with Crippen LogP contribution in [-0.4, -0.2) is 68.9 Å². The van der Waals surface area contributed by atoms with E-state index in [2.05, 4.69) is 10.3 Å². The van der Waals surface area contributed by atoms with Crippen molar-refractivity contribution < 1.29 is 37.0 Å². The van der Waals surface area contributed by atoms with Gasteiger partial charge in [0.25, 0.3) is 5.91 Å². The van der Waals surface area contributed by atoms with Gasteiger partial charge in [-0.1, -0.05) is 0 Å². The van der Waals surface area contributed by atoms with Gasteiger partial charge < -0.3 is 24.6 Å². The van der Waals surface area contributed by atoms with Crippen molar-refractivity contribution in [1.82, 2.24) is 14.5 Å². The molecular weight excluding hydrogens is 448 g/mol. The molecule has 0 saturated carbocycles. The zero-order valence-corrected chi connectivity index (χ0v) is 17.8. The first-order chi connectivity index (χ1) is 15.5. The van der Waals surface area contributed by atoms with E-state index in [1.807, 2.05) is 34.8 Å². The summed E-state index contributed by atoms with van der Waals surface area (Å²) in [6, 6.07) is 6.67. The van der Waals surface area contributed by atoms with Crippen LogP contribution in [0.15, 0.2) is 36.7 Å². The molecule has 2 aromatic rings. The molecule has 12 heteroatoms. The Morgan fingerprint density at radius 2 is 2.03 bits per heavy atom. The number of aryl methyl sites for hydroxylation is 1. The molecule has 0 aromatic carbocycles. The van der Waals surface area contributed by atoms with Crippen molar-refractivity contribution >= 4 is 17.7 Å².